The average molecular weight is 183 g/mol. The molecule has 1 aliphatic rings. The Kier molecular flexibility index (Phi) is 4.54. The highest BCUT2D eigenvalue weighted by Crippen LogP contribution is 2.02. The minimum absolute atomic E-state index is 0.0569. The smallest absolute Gasteiger partial charge is 0.246 e. The highest BCUT2D eigenvalue weighted by atomic mass is 16.5. The molecular formula is C10H17NO2. The lowest BCUT2D eigenvalue weighted by atomic mass is 10.2. The van der Waals surface area contributed by atoms with E-state index in [1.165, 1.54) is 25.3 Å². The zero-order valence-electron chi connectivity index (χ0n) is 8.08. The number of hydrogen-bond acceptors (Lipinski definition) is 2. The van der Waals surface area contributed by atoms with Gasteiger partial charge in [0.15, 0.2) is 0 Å². The van der Waals surface area contributed by atoms with E-state index in [1.54, 1.807) is 6.08 Å². The number of amides is 1. The van der Waals surface area contributed by atoms with Gasteiger partial charge in [-0.15, -0.1) is 0 Å². The summed E-state index contributed by atoms with van der Waals surface area (Å²) in [6.07, 6.45) is 7.86. The summed E-state index contributed by atoms with van der Waals surface area (Å²) in [5.74, 6) is -0.0569. The van der Waals surface area contributed by atoms with Crippen molar-refractivity contribution in [2.45, 2.75) is 38.8 Å². The standard InChI is InChI=1S/C10H17NO2/c1-2-3-4-5-8-13-10-7-6-9(12)11-10/h6-7,10H,2-5,8H2,1H3,(H,11,12). The fraction of sp³-hybridized carbons (Fsp3) is 0.700. The number of rotatable bonds is 6. The number of unbranched alkanes of at least 4 members (excludes halogenated alkanes) is 3. The molecule has 3 nitrogen and oxygen atoms in total. The van der Waals surface area contributed by atoms with Gasteiger partial charge in [0.05, 0.1) is 0 Å². The van der Waals surface area contributed by atoms with Crippen molar-refractivity contribution in [1.29, 1.82) is 0 Å². The summed E-state index contributed by atoms with van der Waals surface area (Å²) < 4.78 is 5.40. The van der Waals surface area contributed by atoms with Gasteiger partial charge in [0.1, 0.15) is 6.23 Å². The van der Waals surface area contributed by atoms with Crippen molar-refractivity contribution in [2.24, 2.45) is 0 Å². The number of carbonyl (C=O) groups is 1. The van der Waals surface area contributed by atoms with E-state index < -0.39 is 0 Å². The first-order valence-electron chi connectivity index (χ1n) is 4.93. The van der Waals surface area contributed by atoms with Gasteiger partial charge < -0.3 is 10.1 Å². The van der Waals surface area contributed by atoms with Gasteiger partial charge in [-0.3, -0.25) is 4.79 Å². The molecule has 0 saturated carbocycles. The van der Waals surface area contributed by atoms with Gasteiger partial charge in [-0.25, -0.2) is 0 Å². The first kappa shape index (κ1) is 10.3. The minimum atomic E-state index is -0.186. The van der Waals surface area contributed by atoms with Gasteiger partial charge in [-0.1, -0.05) is 26.2 Å². The number of ether oxygens (including phenoxy) is 1. The third kappa shape index (κ3) is 4.08. The molecule has 0 radical (unpaired) electrons. The molecule has 0 aliphatic carbocycles. The first-order chi connectivity index (χ1) is 6.33. The maximum Gasteiger partial charge on any atom is 0.246 e. The number of hydrogen-bond donors (Lipinski definition) is 1. The Morgan fingerprint density at radius 1 is 1.46 bits per heavy atom. The van der Waals surface area contributed by atoms with E-state index in [0.717, 1.165) is 13.0 Å². The molecule has 1 unspecified atom stereocenters. The van der Waals surface area contributed by atoms with E-state index >= 15 is 0 Å². The highest BCUT2D eigenvalue weighted by molar-refractivity contribution is 5.90. The predicted molar refractivity (Wildman–Crippen MR) is 51.2 cm³/mol. The molecule has 13 heavy (non-hydrogen) atoms. The van der Waals surface area contributed by atoms with Crippen LogP contribution in [0.15, 0.2) is 12.2 Å². The lowest BCUT2D eigenvalue weighted by Crippen LogP contribution is -2.29. The van der Waals surface area contributed by atoms with Crippen LogP contribution in [0.5, 0.6) is 0 Å². The second kappa shape index (κ2) is 5.75. The van der Waals surface area contributed by atoms with Gasteiger partial charge in [0.25, 0.3) is 0 Å². The molecule has 3 heteroatoms. The summed E-state index contributed by atoms with van der Waals surface area (Å²) in [6, 6.07) is 0. The Balaban J connectivity index is 1.95. The molecule has 0 fully saturated rings. The normalized spacial score (nSPS) is 20.7. The van der Waals surface area contributed by atoms with Gasteiger partial charge in [-0.05, 0) is 12.5 Å². The molecule has 0 aromatic carbocycles. The van der Waals surface area contributed by atoms with Crippen molar-refractivity contribution >= 4 is 5.91 Å². The van der Waals surface area contributed by atoms with Gasteiger partial charge in [0, 0.05) is 12.7 Å². The van der Waals surface area contributed by atoms with E-state index in [2.05, 4.69) is 12.2 Å². The van der Waals surface area contributed by atoms with Crippen LogP contribution in [0.1, 0.15) is 32.6 Å². The van der Waals surface area contributed by atoms with Crippen molar-refractivity contribution in [3.05, 3.63) is 12.2 Å². The summed E-state index contributed by atoms with van der Waals surface area (Å²) in [5, 5.41) is 2.67. The summed E-state index contributed by atoms with van der Waals surface area (Å²) in [6.45, 7) is 2.91. The Labute approximate surface area is 79.2 Å². The Bertz CT molecular complexity index is 189. The van der Waals surface area contributed by atoms with Crippen molar-refractivity contribution in [2.75, 3.05) is 6.61 Å². The lowest BCUT2D eigenvalue weighted by molar-refractivity contribution is -0.118. The van der Waals surface area contributed by atoms with Crippen LogP contribution in [-0.2, 0) is 9.53 Å². The Morgan fingerprint density at radius 3 is 2.92 bits per heavy atom. The van der Waals surface area contributed by atoms with E-state index in [1.807, 2.05) is 0 Å². The van der Waals surface area contributed by atoms with Crippen LogP contribution in [0, 0.1) is 0 Å². The maximum atomic E-state index is 10.7. The van der Waals surface area contributed by atoms with E-state index in [9.17, 15) is 4.79 Å². The largest absolute Gasteiger partial charge is 0.355 e. The highest BCUT2D eigenvalue weighted by Gasteiger charge is 2.13. The van der Waals surface area contributed by atoms with E-state index in [4.69, 9.17) is 4.74 Å². The van der Waals surface area contributed by atoms with Crippen molar-refractivity contribution in [1.82, 2.24) is 5.32 Å². The molecule has 1 aliphatic heterocycles. The van der Waals surface area contributed by atoms with Crippen LogP contribution in [0.4, 0.5) is 0 Å². The zero-order chi connectivity index (χ0) is 9.52. The first-order valence-corrected chi connectivity index (χ1v) is 4.93. The van der Waals surface area contributed by atoms with Gasteiger partial charge in [0.2, 0.25) is 5.91 Å². The molecule has 0 aromatic rings. The van der Waals surface area contributed by atoms with Crippen molar-refractivity contribution in [3.63, 3.8) is 0 Å². The molecule has 0 spiro atoms. The van der Waals surface area contributed by atoms with Crippen LogP contribution >= 0.6 is 0 Å². The molecule has 1 atom stereocenters. The van der Waals surface area contributed by atoms with Crippen LogP contribution in [0.2, 0.25) is 0 Å². The van der Waals surface area contributed by atoms with Crippen LogP contribution in [0.3, 0.4) is 0 Å². The second-order valence-electron chi connectivity index (χ2n) is 3.22. The average Bonchev–Trinajstić information content (AvgIpc) is 2.51. The van der Waals surface area contributed by atoms with Gasteiger partial charge in [-0.2, -0.15) is 0 Å². The van der Waals surface area contributed by atoms with E-state index in [-0.39, 0.29) is 12.1 Å². The lowest BCUT2D eigenvalue weighted by Gasteiger charge is -2.09. The van der Waals surface area contributed by atoms with Gasteiger partial charge >= 0.3 is 0 Å². The fourth-order valence-electron chi connectivity index (χ4n) is 1.25. The SMILES string of the molecule is CCCCCCOC1C=CC(=O)N1. The zero-order valence-corrected chi connectivity index (χ0v) is 8.08. The topological polar surface area (TPSA) is 38.3 Å². The quantitative estimate of drug-likeness (QED) is 0.635. The monoisotopic (exact) mass is 183 g/mol. The fourth-order valence-corrected chi connectivity index (χ4v) is 1.25. The summed E-state index contributed by atoms with van der Waals surface area (Å²) in [7, 11) is 0. The number of nitrogens with one attached hydrogen (secondary N) is 1. The second-order valence-corrected chi connectivity index (χ2v) is 3.22. The predicted octanol–water partition coefficient (Wildman–Crippen LogP) is 1.60. The molecule has 1 amide bonds. The molecule has 0 bridgehead atoms. The summed E-state index contributed by atoms with van der Waals surface area (Å²) in [5.41, 5.74) is 0. The molecule has 1 rings (SSSR count). The van der Waals surface area contributed by atoms with Crippen LogP contribution in [-0.4, -0.2) is 18.7 Å². The maximum absolute atomic E-state index is 10.7. The third-order valence-corrected chi connectivity index (χ3v) is 2.00. The molecule has 0 saturated heterocycles. The number of carbonyl (C=O) groups excluding carboxylic acids is 1. The van der Waals surface area contributed by atoms with Crippen molar-refractivity contribution in [3.8, 4) is 0 Å². The van der Waals surface area contributed by atoms with Crippen LogP contribution < -0.4 is 5.32 Å². The van der Waals surface area contributed by atoms with Crippen molar-refractivity contribution < 1.29 is 9.53 Å². The summed E-state index contributed by atoms with van der Waals surface area (Å²) in [4.78, 5) is 10.7. The van der Waals surface area contributed by atoms with E-state index in [0.29, 0.717) is 0 Å². The Morgan fingerprint density at radius 2 is 2.31 bits per heavy atom. The minimum Gasteiger partial charge on any atom is -0.355 e. The summed E-state index contributed by atoms with van der Waals surface area (Å²) >= 11 is 0. The molecule has 0 aromatic heterocycles. The third-order valence-electron chi connectivity index (χ3n) is 2.00. The molecule has 1 heterocycles. The molecule has 1 N–H and O–H groups in total. The molecular weight excluding hydrogens is 166 g/mol. The Hall–Kier alpha value is -0.830. The molecule has 74 valence electrons. The van der Waals surface area contributed by atoms with Crippen LogP contribution in [0.25, 0.3) is 0 Å².